The summed E-state index contributed by atoms with van der Waals surface area (Å²) in [6, 6.07) is 0.452. The van der Waals surface area contributed by atoms with E-state index in [1.807, 2.05) is 0 Å². The summed E-state index contributed by atoms with van der Waals surface area (Å²) in [5.41, 5.74) is 9.81. The highest BCUT2D eigenvalue weighted by atomic mass is 35.5. The zero-order valence-electron chi connectivity index (χ0n) is 10.5. The van der Waals surface area contributed by atoms with Gasteiger partial charge in [-0.3, -0.25) is 0 Å². The molecule has 0 bridgehead atoms. The SMILES string of the molecule is Cl.NCCCC[C@@H](N)c1cc(C(F)(F)F)cc(Cl)c1F. The number of nitrogens with two attached hydrogens (primary N) is 2. The van der Waals surface area contributed by atoms with Gasteiger partial charge in [0.2, 0.25) is 0 Å². The highest BCUT2D eigenvalue weighted by Gasteiger charge is 2.32. The Morgan fingerprint density at radius 3 is 2.30 bits per heavy atom. The molecule has 0 radical (unpaired) electrons. The number of halogens is 6. The maximum atomic E-state index is 13.7. The Hall–Kier alpha value is -0.560. The fraction of sp³-hybridized carbons (Fsp3) is 0.500. The molecule has 0 spiro atoms. The quantitative estimate of drug-likeness (QED) is 0.630. The van der Waals surface area contributed by atoms with Crippen LogP contribution in [0.2, 0.25) is 5.02 Å². The van der Waals surface area contributed by atoms with Crippen LogP contribution in [0.3, 0.4) is 0 Å². The van der Waals surface area contributed by atoms with Crippen LogP contribution >= 0.6 is 24.0 Å². The average Bonchev–Trinajstić information content (AvgIpc) is 2.31. The highest BCUT2D eigenvalue weighted by Crippen LogP contribution is 2.35. The Bertz CT molecular complexity index is 438. The second-order valence-electron chi connectivity index (χ2n) is 4.25. The molecular formula is C12H16Cl2F4N2. The van der Waals surface area contributed by atoms with E-state index in [1.165, 1.54) is 0 Å². The summed E-state index contributed by atoms with van der Waals surface area (Å²) < 4.78 is 51.6. The van der Waals surface area contributed by atoms with E-state index in [9.17, 15) is 17.6 Å². The van der Waals surface area contributed by atoms with Gasteiger partial charge in [-0.05, 0) is 31.5 Å². The summed E-state index contributed by atoms with van der Waals surface area (Å²) in [7, 11) is 0. The first-order valence-corrected chi connectivity index (χ1v) is 6.17. The van der Waals surface area contributed by atoms with Crippen LogP contribution in [0, 0.1) is 5.82 Å². The molecular weight excluding hydrogens is 319 g/mol. The minimum absolute atomic E-state index is 0. The molecule has 0 aliphatic carbocycles. The van der Waals surface area contributed by atoms with E-state index in [1.54, 1.807) is 0 Å². The molecule has 2 nitrogen and oxygen atoms in total. The summed E-state index contributed by atoms with van der Waals surface area (Å²) >= 11 is 5.48. The zero-order chi connectivity index (χ0) is 14.6. The van der Waals surface area contributed by atoms with Crippen molar-refractivity contribution >= 4 is 24.0 Å². The first-order chi connectivity index (χ1) is 8.77. The van der Waals surface area contributed by atoms with Crippen molar-refractivity contribution in [2.24, 2.45) is 11.5 Å². The van der Waals surface area contributed by atoms with Crippen molar-refractivity contribution in [3.8, 4) is 0 Å². The van der Waals surface area contributed by atoms with E-state index < -0.39 is 28.6 Å². The molecule has 1 aromatic carbocycles. The van der Waals surface area contributed by atoms with E-state index in [2.05, 4.69) is 0 Å². The van der Waals surface area contributed by atoms with Crippen LogP contribution < -0.4 is 11.5 Å². The Morgan fingerprint density at radius 2 is 1.80 bits per heavy atom. The molecule has 4 N–H and O–H groups in total. The molecule has 0 fully saturated rings. The van der Waals surface area contributed by atoms with Crippen molar-refractivity contribution in [1.82, 2.24) is 0 Å². The van der Waals surface area contributed by atoms with Gasteiger partial charge in [-0.1, -0.05) is 18.0 Å². The second kappa shape index (κ2) is 8.02. The van der Waals surface area contributed by atoms with E-state index in [-0.39, 0.29) is 18.0 Å². The molecule has 0 amide bonds. The maximum Gasteiger partial charge on any atom is 0.416 e. The number of hydrogen-bond donors (Lipinski definition) is 2. The molecule has 0 aliphatic rings. The summed E-state index contributed by atoms with van der Waals surface area (Å²) in [6.07, 6.45) is -2.93. The molecule has 1 rings (SSSR count). The van der Waals surface area contributed by atoms with Crippen LogP contribution in [0.25, 0.3) is 0 Å². The van der Waals surface area contributed by atoms with Crippen molar-refractivity contribution in [3.63, 3.8) is 0 Å². The van der Waals surface area contributed by atoms with Gasteiger partial charge in [0.15, 0.2) is 0 Å². The topological polar surface area (TPSA) is 52.0 Å². The fourth-order valence-corrected chi connectivity index (χ4v) is 1.93. The van der Waals surface area contributed by atoms with Gasteiger partial charge in [-0.2, -0.15) is 13.2 Å². The number of benzene rings is 1. The summed E-state index contributed by atoms with van der Waals surface area (Å²) in [5, 5.41) is -0.570. The second-order valence-corrected chi connectivity index (χ2v) is 4.66. The van der Waals surface area contributed by atoms with E-state index in [0.717, 1.165) is 0 Å². The van der Waals surface area contributed by atoms with Crippen LogP contribution in [0.4, 0.5) is 17.6 Å². The lowest BCUT2D eigenvalue weighted by Crippen LogP contribution is -2.15. The molecule has 0 saturated heterocycles. The van der Waals surface area contributed by atoms with Crippen LogP contribution in [-0.2, 0) is 6.18 Å². The Labute approximate surface area is 125 Å². The largest absolute Gasteiger partial charge is 0.416 e. The molecule has 0 heterocycles. The molecule has 0 saturated carbocycles. The van der Waals surface area contributed by atoms with Gasteiger partial charge in [0.05, 0.1) is 10.6 Å². The van der Waals surface area contributed by atoms with Gasteiger partial charge < -0.3 is 11.5 Å². The van der Waals surface area contributed by atoms with Crippen molar-refractivity contribution < 1.29 is 17.6 Å². The Kier molecular flexibility index (Phi) is 7.80. The summed E-state index contributed by atoms with van der Waals surface area (Å²) in [6.45, 7) is 0.457. The molecule has 1 aromatic rings. The van der Waals surface area contributed by atoms with Crippen molar-refractivity contribution in [3.05, 3.63) is 34.1 Å². The number of hydrogen-bond acceptors (Lipinski definition) is 2. The minimum Gasteiger partial charge on any atom is -0.330 e. The molecule has 0 unspecified atom stereocenters. The van der Waals surface area contributed by atoms with Gasteiger partial charge in [-0.25, -0.2) is 4.39 Å². The Balaban J connectivity index is 0.00000361. The van der Waals surface area contributed by atoms with Gasteiger partial charge in [0, 0.05) is 11.6 Å². The predicted octanol–water partition coefficient (Wildman–Crippen LogP) is 4.05. The third kappa shape index (κ3) is 5.09. The van der Waals surface area contributed by atoms with Gasteiger partial charge in [0.1, 0.15) is 5.82 Å². The fourth-order valence-electron chi connectivity index (χ4n) is 1.71. The van der Waals surface area contributed by atoms with E-state index in [4.69, 9.17) is 23.1 Å². The molecule has 20 heavy (non-hydrogen) atoms. The normalized spacial score (nSPS) is 12.9. The first kappa shape index (κ1) is 19.4. The van der Waals surface area contributed by atoms with Gasteiger partial charge in [-0.15, -0.1) is 12.4 Å². The highest BCUT2D eigenvalue weighted by molar-refractivity contribution is 6.30. The average molecular weight is 335 g/mol. The van der Waals surface area contributed by atoms with Crippen LogP contribution in [0.5, 0.6) is 0 Å². The lowest BCUT2D eigenvalue weighted by molar-refractivity contribution is -0.137. The standard InChI is InChI=1S/C12H15ClF4N2.ClH/c13-9-6-7(12(15,16)17)5-8(11(9)14)10(19)3-1-2-4-18;/h5-6,10H,1-4,18-19H2;1H/t10-;/m1./s1. The third-order valence-electron chi connectivity index (χ3n) is 2.75. The van der Waals surface area contributed by atoms with Crippen LogP contribution in [-0.4, -0.2) is 6.54 Å². The molecule has 0 aliphatic heterocycles. The smallest absolute Gasteiger partial charge is 0.330 e. The van der Waals surface area contributed by atoms with Crippen LogP contribution in [0.15, 0.2) is 12.1 Å². The molecule has 1 atom stereocenters. The van der Waals surface area contributed by atoms with Crippen LogP contribution in [0.1, 0.15) is 36.4 Å². The monoisotopic (exact) mass is 334 g/mol. The van der Waals surface area contributed by atoms with Gasteiger partial charge >= 0.3 is 6.18 Å². The van der Waals surface area contributed by atoms with Gasteiger partial charge in [0.25, 0.3) is 0 Å². The zero-order valence-corrected chi connectivity index (χ0v) is 12.1. The summed E-state index contributed by atoms with van der Waals surface area (Å²) in [5.74, 6) is -0.894. The molecule has 116 valence electrons. The molecule has 8 heteroatoms. The van der Waals surface area contributed by atoms with E-state index >= 15 is 0 Å². The first-order valence-electron chi connectivity index (χ1n) is 5.79. The number of alkyl halides is 3. The summed E-state index contributed by atoms with van der Waals surface area (Å²) in [4.78, 5) is 0. The van der Waals surface area contributed by atoms with Crippen molar-refractivity contribution in [2.75, 3.05) is 6.54 Å². The third-order valence-corrected chi connectivity index (χ3v) is 3.03. The molecule has 0 aromatic heterocycles. The Morgan fingerprint density at radius 1 is 1.20 bits per heavy atom. The number of unbranched alkanes of at least 4 members (excludes halogenated alkanes) is 1. The lowest BCUT2D eigenvalue weighted by Gasteiger charge is -2.16. The van der Waals surface area contributed by atoms with E-state index in [0.29, 0.717) is 37.9 Å². The lowest BCUT2D eigenvalue weighted by atomic mass is 9.99. The predicted molar refractivity (Wildman–Crippen MR) is 73.5 cm³/mol. The number of rotatable bonds is 5. The van der Waals surface area contributed by atoms with Crippen molar-refractivity contribution in [1.29, 1.82) is 0 Å². The minimum atomic E-state index is -4.58. The maximum absolute atomic E-state index is 13.7. The van der Waals surface area contributed by atoms with Crippen molar-refractivity contribution in [2.45, 2.75) is 31.5 Å².